The van der Waals surface area contributed by atoms with Crippen molar-refractivity contribution in [3.05, 3.63) is 71.4 Å². The summed E-state index contributed by atoms with van der Waals surface area (Å²) in [6.45, 7) is 15.2. The van der Waals surface area contributed by atoms with Crippen LogP contribution in [0.2, 0.25) is 0 Å². The minimum absolute atomic E-state index is 0.203. The van der Waals surface area contributed by atoms with Crippen molar-refractivity contribution in [1.29, 1.82) is 0 Å². The molecule has 47 heavy (non-hydrogen) atoms. The second-order valence-electron chi connectivity index (χ2n) is 13.7. The molecule has 2 aromatic carbocycles. The number of hydrogen-bond acceptors (Lipinski definition) is 8. The van der Waals surface area contributed by atoms with Gasteiger partial charge in [-0.2, -0.15) is 0 Å². The summed E-state index contributed by atoms with van der Waals surface area (Å²) in [7, 11) is 1.44. The van der Waals surface area contributed by atoms with Gasteiger partial charge >= 0.3 is 5.97 Å². The Labute approximate surface area is 278 Å². The van der Waals surface area contributed by atoms with Crippen molar-refractivity contribution in [2.75, 3.05) is 51.5 Å². The van der Waals surface area contributed by atoms with Crippen LogP contribution >= 0.6 is 0 Å². The van der Waals surface area contributed by atoms with Gasteiger partial charge in [0.05, 0.1) is 50.2 Å². The van der Waals surface area contributed by atoms with Gasteiger partial charge in [0.1, 0.15) is 23.8 Å². The van der Waals surface area contributed by atoms with Crippen molar-refractivity contribution in [2.24, 2.45) is 0 Å². The Hall–Kier alpha value is -3.92. The van der Waals surface area contributed by atoms with Crippen LogP contribution < -0.4 is 9.64 Å². The number of rotatable bonds is 2. The molecule has 0 unspecified atom stereocenters. The first-order valence-electron chi connectivity index (χ1n) is 16.5. The Balaban J connectivity index is 0.000000807. The summed E-state index contributed by atoms with van der Waals surface area (Å²) in [6, 6.07) is 16.8. The number of esters is 1. The van der Waals surface area contributed by atoms with Gasteiger partial charge in [0.2, 0.25) is 0 Å². The predicted molar refractivity (Wildman–Crippen MR) is 185 cm³/mol. The zero-order valence-electron chi connectivity index (χ0n) is 28.9. The van der Waals surface area contributed by atoms with Gasteiger partial charge in [-0.05, 0) is 89.8 Å². The summed E-state index contributed by atoms with van der Waals surface area (Å²) in [5.41, 5.74) is 7.24. The number of methoxy groups -OCH3 is 1. The Morgan fingerprint density at radius 2 is 1.70 bits per heavy atom. The Kier molecular flexibility index (Phi) is 10.6. The van der Waals surface area contributed by atoms with E-state index in [4.69, 9.17) is 29.0 Å². The van der Waals surface area contributed by atoms with E-state index in [1.54, 1.807) is 20.8 Å². The lowest BCUT2D eigenvalue weighted by atomic mass is 9.92. The van der Waals surface area contributed by atoms with Crippen LogP contribution in [0.3, 0.4) is 0 Å². The van der Waals surface area contributed by atoms with Gasteiger partial charge in [-0.25, -0.2) is 4.98 Å². The van der Waals surface area contributed by atoms with Crippen LogP contribution in [0.4, 0.5) is 5.82 Å². The summed E-state index contributed by atoms with van der Waals surface area (Å²) in [6.07, 6.45) is 4.03. The van der Waals surface area contributed by atoms with Crippen LogP contribution in [0.25, 0.3) is 28.0 Å². The molecule has 252 valence electrons. The second-order valence-corrected chi connectivity index (χ2v) is 13.7. The van der Waals surface area contributed by atoms with E-state index in [0.29, 0.717) is 26.4 Å². The number of pyridine rings is 1. The van der Waals surface area contributed by atoms with E-state index in [9.17, 15) is 4.79 Å². The van der Waals surface area contributed by atoms with Crippen LogP contribution in [-0.2, 0) is 25.4 Å². The van der Waals surface area contributed by atoms with Crippen LogP contribution in [-0.4, -0.2) is 78.3 Å². The lowest BCUT2D eigenvalue weighted by molar-refractivity contribution is -0.139. The number of benzene rings is 2. The number of piperidine rings is 1. The van der Waals surface area contributed by atoms with E-state index in [0.717, 1.165) is 82.2 Å². The van der Waals surface area contributed by atoms with Crippen LogP contribution in [0.15, 0.2) is 54.7 Å². The summed E-state index contributed by atoms with van der Waals surface area (Å²) in [5, 5.41) is 8.52. The van der Waals surface area contributed by atoms with Crippen molar-refractivity contribution in [3.63, 3.8) is 0 Å². The number of anilines is 1. The number of imidazole rings is 1. The number of nitrogens with zero attached hydrogens (tertiary/aromatic N) is 3. The molecule has 0 amide bonds. The minimum Gasteiger partial charge on any atom is -0.491 e. The average molecular weight is 644 g/mol. The molecule has 3 aliphatic heterocycles. The number of hydrogen-bond donors (Lipinski definition) is 1. The summed E-state index contributed by atoms with van der Waals surface area (Å²) >= 11 is 0. The van der Waals surface area contributed by atoms with Gasteiger partial charge in [0.15, 0.2) is 0 Å². The highest BCUT2D eigenvalue weighted by Crippen LogP contribution is 2.37. The molecule has 1 fully saturated rings. The topological polar surface area (TPSA) is 94.8 Å². The average Bonchev–Trinajstić information content (AvgIpc) is 3.44. The smallest absolute Gasteiger partial charge is 0.310 e. The number of aryl methyl sites for hydroxylation is 2. The van der Waals surface area contributed by atoms with Gasteiger partial charge in [-0.15, -0.1) is 0 Å². The highest BCUT2D eigenvalue weighted by molar-refractivity contribution is 5.79. The number of aliphatic hydroxyl groups is 1. The van der Waals surface area contributed by atoms with E-state index in [2.05, 4.69) is 78.7 Å². The second kappa shape index (κ2) is 14.5. The molecular formula is C38H49N3O6. The van der Waals surface area contributed by atoms with Gasteiger partial charge in [-0.3, -0.25) is 9.20 Å². The monoisotopic (exact) mass is 643 g/mol. The SMILES string of the molecule is CC(C)(C)O.COC(=O)Cc1c(C)cc2nc3cn2c1N1CCC(C)(CC1)OCCOCCOc1ccc(C)cc1-c1cccc-3c1. The molecule has 1 saturated heterocycles. The predicted octanol–water partition coefficient (Wildman–Crippen LogP) is 6.56. The zero-order chi connectivity index (χ0) is 33.8. The fraction of sp³-hybridized carbons (Fsp3) is 0.474. The molecule has 0 aliphatic carbocycles. The highest BCUT2D eigenvalue weighted by Gasteiger charge is 2.33. The molecule has 6 bridgehead atoms. The first-order valence-corrected chi connectivity index (χ1v) is 16.5. The van der Waals surface area contributed by atoms with Crippen molar-refractivity contribution in [1.82, 2.24) is 9.38 Å². The van der Waals surface area contributed by atoms with Crippen molar-refractivity contribution < 1.29 is 28.8 Å². The van der Waals surface area contributed by atoms with Crippen molar-refractivity contribution in [3.8, 4) is 28.1 Å². The molecule has 7 rings (SSSR count). The molecule has 0 spiro atoms. The first kappa shape index (κ1) is 34.4. The normalized spacial score (nSPS) is 16.6. The lowest BCUT2D eigenvalue weighted by Gasteiger charge is -2.41. The molecule has 9 heteroatoms. The summed E-state index contributed by atoms with van der Waals surface area (Å²) in [4.78, 5) is 20.0. The molecule has 9 nitrogen and oxygen atoms in total. The zero-order valence-corrected chi connectivity index (χ0v) is 28.9. The van der Waals surface area contributed by atoms with E-state index in [1.165, 1.54) is 7.11 Å². The molecule has 0 saturated carbocycles. The van der Waals surface area contributed by atoms with Gasteiger partial charge in [0, 0.05) is 36.0 Å². The van der Waals surface area contributed by atoms with Gasteiger partial charge in [0.25, 0.3) is 0 Å². The fourth-order valence-corrected chi connectivity index (χ4v) is 6.02. The first-order chi connectivity index (χ1) is 22.3. The van der Waals surface area contributed by atoms with Crippen LogP contribution in [0, 0.1) is 13.8 Å². The van der Waals surface area contributed by atoms with E-state index in [-0.39, 0.29) is 18.0 Å². The maximum absolute atomic E-state index is 12.5. The van der Waals surface area contributed by atoms with Crippen molar-refractivity contribution in [2.45, 2.75) is 72.0 Å². The van der Waals surface area contributed by atoms with E-state index >= 15 is 0 Å². The Morgan fingerprint density at radius 1 is 1.00 bits per heavy atom. The number of aromatic nitrogens is 2. The van der Waals surface area contributed by atoms with Gasteiger partial charge < -0.3 is 29.0 Å². The minimum atomic E-state index is -0.500. The third kappa shape index (κ3) is 8.71. The molecule has 5 heterocycles. The van der Waals surface area contributed by atoms with Crippen molar-refractivity contribution >= 4 is 17.4 Å². The number of carbonyl (C=O) groups is 1. The number of ether oxygens (including phenoxy) is 4. The molecule has 0 atom stereocenters. The molecule has 1 N–H and O–H groups in total. The summed E-state index contributed by atoms with van der Waals surface area (Å²) < 4.78 is 25.6. The quantitative estimate of drug-likeness (QED) is 0.194. The lowest BCUT2D eigenvalue weighted by Crippen LogP contribution is -2.45. The van der Waals surface area contributed by atoms with Crippen LogP contribution in [0.1, 0.15) is 57.2 Å². The molecular weight excluding hydrogens is 594 g/mol. The molecule has 2 aromatic heterocycles. The molecule has 4 aromatic rings. The Bertz CT molecular complexity index is 1690. The van der Waals surface area contributed by atoms with E-state index in [1.807, 2.05) is 6.07 Å². The van der Waals surface area contributed by atoms with Gasteiger partial charge in [-0.1, -0.05) is 29.8 Å². The highest BCUT2D eigenvalue weighted by atomic mass is 16.6. The number of carbonyl (C=O) groups excluding carboxylic acids is 1. The standard InChI is InChI=1S/C34H39N3O5.C4H10O/c1-23-8-9-30-28(18-23)25-6-5-7-26(20-25)29-22-37-31(35-29)19-24(2)27(21-32(38)39-4)33(37)36-12-10-34(3,11-13-36)42-17-15-40-14-16-41-30;1-4(2,3)5/h5-9,18-20,22H,10-17,21H2,1-4H3;5H,1-3H3. The van der Waals surface area contributed by atoms with E-state index < -0.39 is 5.60 Å². The number of fused-ring (bicyclic) bond motifs is 8. The Morgan fingerprint density at radius 3 is 2.43 bits per heavy atom. The molecule has 0 radical (unpaired) electrons. The maximum atomic E-state index is 12.5. The maximum Gasteiger partial charge on any atom is 0.310 e. The summed E-state index contributed by atoms with van der Waals surface area (Å²) in [5.74, 6) is 1.57. The third-order valence-corrected chi connectivity index (χ3v) is 8.49. The third-order valence-electron chi connectivity index (χ3n) is 8.49. The largest absolute Gasteiger partial charge is 0.491 e. The van der Waals surface area contributed by atoms with Crippen LogP contribution in [0.5, 0.6) is 5.75 Å². The molecule has 3 aliphatic rings. The fourth-order valence-electron chi connectivity index (χ4n) is 6.02.